The molecule has 2 fully saturated rings. The Morgan fingerprint density at radius 3 is 2.02 bits per heavy atom. The van der Waals surface area contributed by atoms with Gasteiger partial charge in [0.25, 0.3) is 12.3 Å². The summed E-state index contributed by atoms with van der Waals surface area (Å²) in [7, 11) is 1.27. The maximum absolute atomic E-state index is 15.6. The van der Waals surface area contributed by atoms with Crippen LogP contribution in [0.3, 0.4) is 0 Å². The van der Waals surface area contributed by atoms with Crippen molar-refractivity contribution in [2.24, 2.45) is 17.8 Å². The van der Waals surface area contributed by atoms with E-state index in [9.17, 15) is 27.6 Å². The minimum Gasteiger partial charge on any atom is -0.496 e. The van der Waals surface area contributed by atoms with Gasteiger partial charge in [-0.1, -0.05) is 64.2 Å². The van der Waals surface area contributed by atoms with Gasteiger partial charge in [0.05, 0.1) is 18.7 Å². The van der Waals surface area contributed by atoms with Gasteiger partial charge in [-0.25, -0.2) is 17.6 Å². The van der Waals surface area contributed by atoms with E-state index in [-0.39, 0.29) is 40.8 Å². The Kier molecular flexibility index (Phi) is 12.7. The molecular weight excluding hydrogens is 618 g/mol. The number of benzene rings is 1. The predicted molar refractivity (Wildman–Crippen MR) is 170 cm³/mol. The fraction of sp³-hybridized carbons (Fsp3) is 0.647. The standard InChI is InChI=1S/C34H47F4N5O4/c1-19(2)43-26(15-16-39-43)33(45)41-29(28(21-11-7-5-8-12-21)22-13-9-6-10-14-22)34(46)40-25-18-27(47-4)23(17-24(25)35)20(3)32(44)42-31(38)30(36)37/h15-22,28-31H,5-14H2,1-4H3,(H,40,46)(H,41,45)(H,42,44)/t20?,29-,31?/m0/s1. The lowest BCUT2D eigenvalue weighted by atomic mass is 9.66. The smallest absolute Gasteiger partial charge is 0.287 e. The number of halogens is 4. The van der Waals surface area contributed by atoms with Crippen LogP contribution in [0.5, 0.6) is 5.75 Å². The van der Waals surface area contributed by atoms with Crippen molar-refractivity contribution in [1.29, 1.82) is 0 Å². The number of carbonyl (C=O) groups excluding carboxylic acids is 3. The van der Waals surface area contributed by atoms with Crippen LogP contribution in [0.15, 0.2) is 24.4 Å². The first kappa shape index (κ1) is 36.2. The van der Waals surface area contributed by atoms with Gasteiger partial charge in [-0.3, -0.25) is 19.1 Å². The Labute approximate surface area is 273 Å². The highest BCUT2D eigenvalue weighted by molar-refractivity contribution is 6.01. The third-order valence-electron chi connectivity index (χ3n) is 9.67. The lowest BCUT2D eigenvalue weighted by molar-refractivity contribution is -0.126. The zero-order valence-corrected chi connectivity index (χ0v) is 27.5. The molecule has 0 bridgehead atoms. The van der Waals surface area contributed by atoms with Gasteiger partial charge in [0.15, 0.2) is 0 Å². The first-order valence-electron chi connectivity index (χ1n) is 16.7. The van der Waals surface area contributed by atoms with Crippen LogP contribution in [-0.4, -0.2) is 53.4 Å². The van der Waals surface area contributed by atoms with Crippen molar-refractivity contribution >= 4 is 23.4 Å². The Hall–Kier alpha value is -3.64. The molecule has 9 nitrogen and oxygen atoms in total. The highest BCUT2D eigenvalue weighted by atomic mass is 19.3. The van der Waals surface area contributed by atoms with E-state index in [0.29, 0.717) is 5.69 Å². The fourth-order valence-corrected chi connectivity index (χ4v) is 7.28. The van der Waals surface area contributed by atoms with Crippen LogP contribution in [0.4, 0.5) is 23.2 Å². The Morgan fingerprint density at radius 2 is 1.49 bits per heavy atom. The number of nitrogens with zero attached hydrogens (tertiary/aromatic N) is 2. The summed E-state index contributed by atoms with van der Waals surface area (Å²) in [4.78, 5) is 40.5. The van der Waals surface area contributed by atoms with Gasteiger partial charge in [-0.2, -0.15) is 5.10 Å². The van der Waals surface area contributed by atoms with E-state index in [2.05, 4.69) is 15.7 Å². The number of hydrogen-bond donors (Lipinski definition) is 3. The summed E-state index contributed by atoms with van der Waals surface area (Å²) in [5.41, 5.74) is 0.0587. The van der Waals surface area contributed by atoms with Gasteiger partial charge >= 0.3 is 0 Å². The molecule has 260 valence electrons. The van der Waals surface area contributed by atoms with Crippen molar-refractivity contribution in [2.75, 3.05) is 12.4 Å². The number of ether oxygens (including phenoxy) is 1. The lowest BCUT2D eigenvalue weighted by Crippen LogP contribution is -2.53. The van der Waals surface area contributed by atoms with E-state index in [1.807, 2.05) is 13.8 Å². The molecular formula is C34H47F4N5O4. The average Bonchev–Trinajstić information content (AvgIpc) is 3.56. The molecule has 2 saturated carbocycles. The number of amides is 3. The second kappa shape index (κ2) is 16.5. The molecule has 1 heterocycles. The molecule has 2 aliphatic rings. The monoisotopic (exact) mass is 665 g/mol. The van der Waals surface area contributed by atoms with E-state index in [0.717, 1.165) is 70.3 Å². The molecule has 3 N–H and O–H groups in total. The third kappa shape index (κ3) is 8.84. The number of carbonyl (C=O) groups is 3. The number of aromatic nitrogens is 2. The van der Waals surface area contributed by atoms with Crippen LogP contribution >= 0.6 is 0 Å². The number of anilines is 1. The molecule has 0 saturated heterocycles. The quantitative estimate of drug-likeness (QED) is 0.159. The Balaban J connectivity index is 1.67. The molecule has 2 aromatic rings. The molecule has 1 aromatic carbocycles. The SMILES string of the molecule is COc1cc(NC(=O)[C@@H](NC(=O)c2ccnn2C(C)C)C(C2CCCCC2)C2CCCCC2)c(F)cc1C(C)C(=O)NC(F)C(F)F. The molecule has 0 spiro atoms. The normalized spacial score (nSPS) is 18.2. The number of alkyl halides is 3. The topological polar surface area (TPSA) is 114 Å². The van der Waals surface area contributed by atoms with E-state index in [1.54, 1.807) is 16.1 Å². The summed E-state index contributed by atoms with van der Waals surface area (Å²) < 4.78 is 61.4. The summed E-state index contributed by atoms with van der Waals surface area (Å²) in [5, 5.41) is 11.6. The zero-order valence-electron chi connectivity index (χ0n) is 27.5. The van der Waals surface area contributed by atoms with Crippen molar-refractivity contribution < 1.29 is 36.7 Å². The minimum atomic E-state index is -3.42. The van der Waals surface area contributed by atoms with E-state index in [1.165, 1.54) is 26.3 Å². The van der Waals surface area contributed by atoms with Crippen molar-refractivity contribution in [3.05, 3.63) is 41.5 Å². The molecule has 3 amide bonds. The maximum Gasteiger partial charge on any atom is 0.287 e. The summed E-state index contributed by atoms with van der Waals surface area (Å²) in [6, 6.07) is 2.70. The molecule has 0 radical (unpaired) electrons. The Morgan fingerprint density at radius 1 is 0.894 bits per heavy atom. The first-order chi connectivity index (χ1) is 22.4. The third-order valence-corrected chi connectivity index (χ3v) is 9.67. The highest BCUT2D eigenvalue weighted by Gasteiger charge is 2.42. The first-order valence-corrected chi connectivity index (χ1v) is 16.7. The van der Waals surface area contributed by atoms with Gasteiger partial charge in [0.2, 0.25) is 18.1 Å². The van der Waals surface area contributed by atoms with Gasteiger partial charge in [0, 0.05) is 23.9 Å². The number of hydrogen-bond acceptors (Lipinski definition) is 5. The molecule has 2 aliphatic carbocycles. The van der Waals surface area contributed by atoms with Crippen molar-refractivity contribution in [1.82, 2.24) is 20.4 Å². The summed E-state index contributed by atoms with van der Waals surface area (Å²) >= 11 is 0. The van der Waals surface area contributed by atoms with Gasteiger partial charge in [-0.05, 0) is 50.7 Å². The number of methoxy groups -OCH3 is 1. The minimum absolute atomic E-state index is 0.00524. The molecule has 13 heteroatoms. The highest BCUT2D eigenvalue weighted by Crippen LogP contribution is 2.42. The fourth-order valence-electron chi connectivity index (χ4n) is 7.28. The van der Waals surface area contributed by atoms with E-state index < -0.39 is 48.2 Å². The summed E-state index contributed by atoms with van der Waals surface area (Å²) in [6.07, 6.45) is 5.37. The molecule has 1 aromatic heterocycles. The average molecular weight is 666 g/mol. The second-order valence-corrected chi connectivity index (χ2v) is 13.1. The Bertz CT molecular complexity index is 1360. The molecule has 3 atom stereocenters. The maximum atomic E-state index is 15.6. The largest absolute Gasteiger partial charge is 0.496 e. The van der Waals surface area contributed by atoms with E-state index in [4.69, 9.17) is 4.74 Å². The summed E-state index contributed by atoms with van der Waals surface area (Å²) in [6.45, 7) is 5.11. The zero-order chi connectivity index (χ0) is 34.2. The van der Waals surface area contributed by atoms with E-state index >= 15 is 4.39 Å². The second-order valence-electron chi connectivity index (χ2n) is 13.1. The van der Waals surface area contributed by atoms with Gasteiger partial charge < -0.3 is 20.7 Å². The molecule has 0 aliphatic heterocycles. The predicted octanol–water partition coefficient (Wildman–Crippen LogP) is 6.91. The van der Waals surface area contributed by atoms with Crippen LogP contribution in [-0.2, 0) is 9.59 Å². The molecule has 4 rings (SSSR count). The van der Waals surface area contributed by atoms with Crippen molar-refractivity contribution in [3.63, 3.8) is 0 Å². The van der Waals surface area contributed by atoms with Crippen LogP contribution in [0.25, 0.3) is 0 Å². The lowest BCUT2D eigenvalue weighted by Gasteiger charge is -2.42. The van der Waals surface area contributed by atoms with Crippen molar-refractivity contribution in [2.45, 2.75) is 116 Å². The number of rotatable bonds is 13. The molecule has 2 unspecified atom stereocenters. The van der Waals surface area contributed by atoms with Gasteiger partial charge in [0.1, 0.15) is 23.3 Å². The summed E-state index contributed by atoms with van der Waals surface area (Å²) in [5.74, 6) is -4.05. The number of nitrogens with one attached hydrogen (secondary N) is 3. The van der Waals surface area contributed by atoms with Crippen molar-refractivity contribution in [3.8, 4) is 5.75 Å². The van der Waals surface area contributed by atoms with Crippen LogP contribution in [0, 0.1) is 23.6 Å². The van der Waals surface area contributed by atoms with Crippen LogP contribution in [0.2, 0.25) is 0 Å². The molecule has 47 heavy (non-hydrogen) atoms. The van der Waals surface area contributed by atoms with Crippen LogP contribution in [0.1, 0.15) is 113 Å². The van der Waals surface area contributed by atoms with Crippen LogP contribution < -0.4 is 20.7 Å². The van der Waals surface area contributed by atoms with Gasteiger partial charge in [-0.15, -0.1) is 0 Å².